The second-order valence-corrected chi connectivity index (χ2v) is 7.58. The summed E-state index contributed by atoms with van der Waals surface area (Å²) in [4.78, 5) is 12.1. The zero-order valence-corrected chi connectivity index (χ0v) is 15.0. The van der Waals surface area contributed by atoms with E-state index in [2.05, 4.69) is 0 Å². The lowest BCUT2D eigenvalue weighted by atomic mass is 10.0. The molecule has 136 valence electrons. The normalized spacial score (nSPS) is 12.8. The first kappa shape index (κ1) is 20.4. The molecule has 0 spiro atoms. The molecule has 0 bridgehead atoms. The maximum atomic E-state index is 12.1. The minimum absolute atomic E-state index is 0.0231. The largest absolute Gasteiger partial charge is 0.504 e. The van der Waals surface area contributed by atoms with Crippen molar-refractivity contribution < 1.29 is 27.6 Å². The average molecular weight is 358 g/mol. The number of ether oxygens (including phenoxy) is 1. The molecule has 0 unspecified atom stereocenters. The van der Waals surface area contributed by atoms with Gasteiger partial charge in [0.2, 0.25) is 0 Å². The van der Waals surface area contributed by atoms with Gasteiger partial charge < -0.3 is 9.84 Å². The molecule has 0 fully saturated rings. The van der Waals surface area contributed by atoms with Crippen LogP contribution in [-0.4, -0.2) is 36.2 Å². The summed E-state index contributed by atoms with van der Waals surface area (Å²) in [6, 6.07) is 4.82. The van der Waals surface area contributed by atoms with Crippen LogP contribution < -0.4 is 4.74 Å². The SMILES string of the molecule is CCCCC[C@@H](CC(=O)CCc1ccc(O)c(OC)c1)S(=O)(=O)O. The number of methoxy groups -OCH3 is 1. The number of hydrogen-bond acceptors (Lipinski definition) is 5. The summed E-state index contributed by atoms with van der Waals surface area (Å²) in [5.41, 5.74) is 0.812. The fourth-order valence-corrected chi connectivity index (χ4v) is 3.36. The number of Topliss-reactive ketones (excluding diaryl/α,β-unsaturated/α-hetero) is 1. The molecule has 1 atom stereocenters. The van der Waals surface area contributed by atoms with E-state index in [1.807, 2.05) is 6.92 Å². The Balaban J connectivity index is 2.59. The zero-order valence-electron chi connectivity index (χ0n) is 14.2. The number of phenolic OH excluding ortho intramolecular Hbond substituents is 1. The third-order valence-corrected chi connectivity index (χ3v) is 5.19. The third-order valence-electron chi connectivity index (χ3n) is 3.94. The molecule has 6 nitrogen and oxygen atoms in total. The van der Waals surface area contributed by atoms with Crippen molar-refractivity contribution in [3.05, 3.63) is 23.8 Å². The fraction of sp³-hybridized carbons (Fsp3) is 0.588. The van der Waals surface area contributed by atoms with Crippen LogP contribution in [-0.2, 0) is 21.3 Å². The molecule has 2 N–H and O–H groups in total. The average Bonchev–Trinajstić information content (AvgIpc) is 2.52. The standard InChI is InChI=1S/C17H26O6S/c1-3-4-5-6-15(24(20,21)22)12-14(18)9-7-13-8-10-16(19)17(11-13)23-2/h8,10-11,15,19H,3-7,9,12H2,1-2H3,(H,20,21,22)/t15-/m0/s1. The molecule has 0 saturated heterocycles. The predicted octanol–water partition coefficient (Wildman–Crippen LogP) is 3.13. The summed E-state index contributed by atoms with van der Waals surface area (Å²) < 4.78 is 37.1. The molecule has 0 aliphatic carbocycles. The van der Waals surface area contributed by atoms with E-state index in [9.17, 15) is 22.9 Å². The van der Waals surface area contributed by atoms with E-state index in [4.69, 9.17) is 4.74 Å². The molecule has 0 radical (unpaired) electrons. The monoisotopic (exact) mass is 358 g/mol. The highest BCUT2D eigenvalue weighted by Crippen LogP contribution is 2.27. The molecule has 0 amide bonds. The number of hydrogen-bond donors (Lipinski definition) is 2. The van der Waals surface area contributed by atoms with E-state index in [1.54, 1.807) is 12.1 Å². The number of carbonyl (C=O) groups excluding carboxylic acids is 1. The number of carbonyl (C=O) groups is 1. The molecule has 0 aliphatic rings. The Hall–Kier alpha value is -1.60. The maximum Gasteiger partial charge on any atom is 0.268 e. The smallest absolute Gasteiger partial charge is 0.268 e. The van der Waals surface area contributed by atoms with Gasteiger partial charge in [-0.2, -0.15) is 8.42 Å². The first-order valence-corrected chi connectivity index (χ1v) is 9.62. The Morgan fingerprint density at radius 1 is 1.29 bits per heavy atom. The zero-order chi connectivity index (χ0) is 18.2. The fourth-order valence-electron chi connectivity index (χ4n) is 2.50. The van der Waals surface area contributed by atoms with Crippen LogP contribution in [0.4, 0.5) is 0 Å². The maximum absolute atomic E-state index is 12.1. The van der Waals surface area contributed by atoms with Crippen LogP contribution in [0.25, 0.3) is 0 Å². The van der Waals surface area contributed by atoms with Gasteiger partial charge in [-0.25, -0.2) is 0 Å². The van der Waals surface area contributed by atoms with Crippen molar-refractivity contribution in [3.63, 3.8) is 0 Å². The van der Waals surface area contributed by atoms with Gasteiger partial charge in [-0.3, -0.25) is 9.35 Å². The Morgan fingerprint density at radius 2 is 2.00 bits per heavy atom. The van der Waals surface area contributed by atoms with Crippen LogP contribution in [0.2, 0.25) is 0 Å². The van der Waals surface area contributed by atoms with Crippen molar-refractivity contribution in [2.75, 3.05) is 7.11 Å². The van der Waals surface area contributed by atoms with E-state index >= 15 is 0 Å². The lowest BCUT2D eigenvalue weighted by molar-refractivity contribution is -0.119. The summed E-state index contributed by atoms with van der Waals surface area (Å²) in [7, 11) is -2.77. The second-order valence-electron chi connectivity index (χ2n) is 5.88. The molecule has 0 aliphatic heterocycles. The van der Waals surface area contributed by atoms with E-state index in [0.29, 0.717) is 25.0 Å². The Labute approximate surface area is 143 Å². The molecular weight excluding hydrogens is 332 g/mol. The molecule has 1 aromatic carbocycles. The molecule has 1 aromatic rings. The quantitative estimate of drug-likeness (QED) is 0.465. The van der Waals surface area contributed by atoms with Crippen molar-refractivity contribution in [1.29, 1.82) is 0 Å². The number of unbranched alkanes of at least 4 members (excludes halogenated alkanes) is 2. The molecule has 0 saturated carbocycles. The van der Waals surface area contributed by atoms with Gasteiger partial charge in [0.15, 0.2) is 11.5 Å². The second kappa shape index (κ2) is 9.64. The van der Waals surface area contributed by atoms with Crippen molar-refractivity contribution in [1.82, 2.24) is 0 Å². The topological polar surface area (TPSA) is 101 Å². The highest BCUT2D eigenvalue weighted by Gasteiger charge is 2.25. The Bertz CT molecular complexity index is 638. The first-order chi connectivity index (χ1) is 11.3. The van der Waals surface area contributed by atoms with Gasteiger partial charge >= 0.3 is 0 Å². The Morgan fingerprint density at radius 3 is 2.58 bits per heavy atom. The van der Waals surface area contributed by atoms with Crippen LogP contribution in [0.15, 0.2) is 18.2 Å². The summed E-state index contributed by atoms with van der Waals surface area (Å²) >= 11 is 0. The number of phenols is 1. The molecule has 7 heteroatoms. The first-order valence-electron chi connectivity index (χ1n) is 8.11. The van der Waals surface area contributed by atoms with E-state index < -0.39 is 15.4 Å². The lowest BCUT2D eigenvalue weighted by Crippen LogP contribution is -2.24. The Kier molecular flexibility index (Phi) is 8.21. The highest BCUT2D eigenvalue weighted by molar-refractivity contribution is 7.86. The highest BCUT2D eigenvalue weighted by atomic mass is 32.2. The van der Waals surface area contributed by atoms with Crippen molar-refractivity contribution in [2.45, 2.75) is 57.1 Å². The van der Waals surface area contributed by atoms with Crippen LogP contribution in [0.1, 0.15) is 51.0 Å². The van der Waals surface area contributed by atoms with Crippen LogP contribution in [0, 0.1) is 0 Å². The van der Waals surface area contributed by atoms with Gasteiger partial charge in [-0.05, 0) is 30.5 Å². The summed E-state index contributed by atoms with van der Waals surface area (Å²) in [6.07, 6.45) is 3.20. The van der Waals surface area contributed by atoms with Crippen LogP contribution in [0.3, 0.4) is 0 Å². The number of benzene rings is 1. The minimum Gasteiger partial charge on any atom is -0.504 e. The lowest BCUT2D eigenvalue weighted by Gasteiger charge is -2.13. The molecule has 0 aromatic heterocycles. The van der Waals surface area contributed by atoms with Crippen LogP contribution in [0.5, 0.6) is 11.5 Å². The minimum atomic E-state index is -4.21. The molecule has 0 heterocycles. The number of ketones is 1. The van der Waals surface area contributed by atoms with Gasteiger partial charge in [0.05, 0.1) is 12.4 Å². The van der Waals surface area contributed by atoms with Crippen molar-refractivity contribution in [3.8, 4) is 11.5 Å². The molecule has 24 heavy (non-hydrogen) atoms. The molecule has 1 rings (SSSR count). The summed E-state index contributed by atoms with van der Waals surface area (Å²) in [6.45, 7) is 2.00. The summed E-state index contributed by atoms with van der Waals surface area (Å²) in [5.74, 6) is 0.145. The van der Waals surface area contributed by atoms with E-state index in [1.165, 1.54) is 13.2 Å². The van der Waals surface area contributed by atoms with E-state index in [-0.39, 0.29) is 24.4 Å². The molecular formula is C17H26O6S. The third kappa shape index (κ3) is 6.88. The van der Waals surface area contributed by atoms with Crippen molar-refractivity contribution >= 4 is 15.9 Å². The number of aromatic hydroxyl groups is 1. The van der Waals surface area contributed by atoms with Gasteiger partial charge in [-0.1, -0.05) is 32.3 Å². The van der Waals surface area contributed by atoms with Crippen LogP contribution >= 0.6 is 0 Å². The van der Waals surface area contributed by atoms with Gasteiger partial charge in [0.25, 0.3) is 10.1 Å². The van der Waals surface area contributed by atoms with Gasteiger partial charge in [-0.15, -0.1) is 0 Å². The summed E-state index contributed by atoms with van der Waals surface area (Å²) in [5, 5.41) is 8.51. The predicted molar refractivity (Wildman–Crippen MR) is 92.1 cm³/mol. The van der Waals surface area contributed by atoms with E-state index in [0.717, 1.165) is 18.4 Å². The van der Waals surface area contributed by atoms with Crippen molar-refractivity contribution in [2.24, 2.45) is 0 Å². The van der Waals surface area contributed by atoms with Gasteiger partial charge in [0.1, 0.15) is 5.78 Å². The number of aryl methyl sites for hydroxylation is 1. The number of rotatable bonds is 11. The van der Waals surface area contributed by atoms with Gasteiger partial charge in [0, 0.05) is 12.8 Å².